The summed E-state index contributed by atoms with van der Waals surface area (Å²) >= 11 is 0. The quantitative estimate of drug-likeness (QED) is 0.588. The van der Waals surface area contributed by atoms with Gasteiger partial charge in [0.15, 0.2) is 0 Å². The lowest BCUT2D eigenvalue weighted by Gasteiger charge is -2.28. The third-order valence-electron chi connectivity index (χ3n) is 2.42. The van der Waals surface area contributed by atoms with E-state index in [4.69, 9.17) is 14.9 Å². The van der Waals surface area contributed by atoms with Crippen molar-refractivity contribution in [2.24, 2.45) is 5.41 Å². The van der Waals surface area contributed by atoms with Gasteiger partial charge in [-0.15, -0.1) is 0 Å². The maximum absolute atomic E-state index is 11.1. The summed E-state index contributed by atoms with van der Waals surface area (Å²) in [6.45, 7) is 3.63. The van der Waals surface area contributed by atoms with E-state index in [1.807, 2.05) is 13.8 Å². The van der Waals surface area contributed by atoms with Crippen LogP contribution in [-0.2, 0) is 9.36 Å². The Hall–Kier alpha value is -0.380. The van der Waals surface area contributed by atoms with E-state index in [9.17, 15) is 9.36 Å². The van der Waals surface area contributed by atoms with E-state index >= 15 is 0 Å². The van der Waals surface area contributed by atoms with Crippen LogP contribution < -0.4 is 0 Å². The fourth-order valence-corrected chi connectivity index (χ4v) is 3.16. The third kappa shape index (κ3) is 4.78. The molecule has 0 atom stereocenters. The molecule has 6 heteroatoms. The molecule has 0 aliphatic rings. The Morgan fingerprint density at radius 1 is 1.20 bits per heavy atom. The zero-order chi connectivity index (χ0) is 12.1. The highest BCUT2D eigenvalue weighted by molar-refractivity contribution is 7.51. The van der Waals surface area contributed by atoms with Crippen molar-refractivity contribution >= 4 is 13.6 Å². The van der Waals surface area contributed by atoms with Crippen LogP contribution in [0.15, 0.2) is 0 Å². The van der Waals surface area contributed by atoms with Gasteiger partial charge in [0.2, 0.25) is 0 Å². The summed E-state index contributed by atoms with van der Waals surface area (Å²) in [5, 5.41) is 9.11. The lowest BCUT2D eigenvalue weighted by molar-refractivity contribution is -0.148. The molecule has 0 unspecified atom stereocenters. The molecule has 0 bridgehead atoms. The highest BCUT2D eigenvalue weighted by Gasteiger charge is 2.42. The number of aliphatic carboxylic acids is 1. The predicted octanol–water partition coefficient (Wildman–Crippen LogP) is 1.84. The summed E-state index contributed by atoms with van der Waals surface area (Å²) in [5.41, 5.74) is -1.26. The molecule has 0 heterocycles. The Bertz CT molecular complexity index is 251. The van der Waals surface area contributed by atoms with E-state index < -0.39 is 25.1 Å². The van der Waals surface area contributed by atoms with Gasteiger partial charge < -0.3 is 14.9 Å². The fourth-order valence-electron chi connectivity index (χ4n) is 1.92. The van der Waals surface area contributed by atoms with Gasteiger partial charge in [-0.3, -0.25) is 9.36 Å². The summed E-state index contributed by atoms with van der Waals surface area (Å²) in [4.78, 5) is 28.9. The lowest BCUT2D eigenvalue weighted by Crippen LogP contribution is -2.34. The number of carboxylic acids is 1. The van der Waals surface area contributed by atoms with Crippen molar-refractivity contribution in [3.05, 3.63) is 0 Å². The molecule has 0 rings (SSSR count). The van der Waals surface area contributed by atoms with Crippen LogP contribution in [0.25, 0.3) is 0 Å². The predicted molar refractivity (Wildman–Crippen MR) is 56.8 cm³/mol. The van der Waals surface area contributed by atoms with Crippen LogP contribution >= 0.6 is 7.60 Å². The maximum atomic E-state index is 11.1. The summed E-state index contributed by atoms with van der Waals surface area (Å²) in [5.74, 6) is -1.10. The van der Waals surface area contributed by atoms with Gasteiger partial charge in [-0.1, -0.05) is 26.7 Å². The van der Waals surface area contributed by atoms with Gasteiger partial charge in [-0.05, 0) is 12.8 Å². The number of hydrogen-bond acceptors (Lipinski definition) is 2. The molecule has 90 valence electrons. The Morgan fingerprint density at radius 2 is 1.60 bits per heavy atom. The van der Waals surface area contributed by atoms with Gasteiger partial charge >= 0.3 is 13.6 Å². The number of hydrogen-bond donors (Lipinski definition) is 3. The van der Waals surface area contributed by atoms with E-state index in [1.165, 1.54) is 0 Å². The monoisotopic (exact) mass is 238 g/mol. The van der Waals surface area contributed by atoms with Crippen molar-refractivity contribution in [2.45, 2.75) is 39.5 Å². The molecular weight excluding hydrogens is 219 g/mol. The minimum Gasteiger partial charge on any atom is -0.481 e. The second-order valence-corrected chi connectivity index (χ2v) is 5.55. The normalized spacial score (nSPS) is 12.8. The molecule has 0 fully saturated rings. The van der Waals surface area contributed by atoms with Crippen molar-refractivity contribution in [1.29, 1.82) is 0 Å². The van der Waals surface area contributed by atoms with E-state index in [2.05, 4.69) is 0 Å². The summed E-state index contributed by atoms with van der Waals surface area (Å²) in [6.07, 6.45) is 1.26. The zero-order valence-electron chi connectivity index (χ0n) is 9.14. The van der Waals surface area contributed by atoms with Crippen LogP contribution in [0.2, 0.25) is 0 Å². The SMILES string of the molecule is CCCC(CCC)(CP(=O)(O)O)C(=O)O. The van der Waals surface area contributed by atoms with Gasteiger partial charge in [0.05, 0.1) is 11.6 Å². The van der Waals surface area contributed by atoms with E-state index in [1.54, 1.807) is 0 Å². The minimum absolute atomic E-state index is 0.307. The lowest BCUT2D eigenvalue weighted by atomic mass is 9.81. The molecule has 0 spiro atoms. The van der Waals surface area contributed by atoms with Gasteiger partial charge in [0, 0.05) is 0 Å². The standard InChI is InChI=1S/C9H19O5P/c1-3-5-9(6-4-2,8(10)11)7-15(12,13)14/h3-7H2,1-2H3,(H,10,11)(H2,12,13,14). The topological polar surface area (TPSA) is 94.8 Å². The molecule has 0 aromatic carbocycles. The second kappa shape index (κ2) is 5.64. The average Bonchev–Trinajstić information content (AvgIpc) is 2.01. The van der Waals surface area contributed by atoms with Gasteiger partial charge in [0.25, 0.3) is 0 Å². The van der Waals surface area contributed by atoms with Gasteiger partial charge in [-0.2, -0.15) is 0 Å². The largest absolute Gasteiger partial charge is 0.481 e. The third-order valence-corrected chi connectivity index (χ3v) is 3.44. The molecule has 0 saturated heterocycles. The Kier molecular flexibility index (Phi) is 5.49. The maximum Gasteiger partial charge on any atom is 0.326 e. The fraction of sp³-hybridized carbons (Fsp3) is 0.889. The first-order valence-corrected chi connectivity index (χ1v) is 6.85. The Labute approximate surface area is 89.7 Å². The highest BCUT2D eigenvalue weighted by Crippen LogP contribution is 2.46. The minimum atomic E-state index is -4.28. The molecule has 15 heavy (non-hydrogen) atoms. The summed E-state index contributed by atoms with van der Waals surface area (Å²) < 4.78 is 10.9. The van der Waals surface area contributed by atoms with E-state index in [0.29, 0.717) is 25.7 Å². The van der Waals surface area contributed by atoms with Crippen LogP contribution in [0.5, 0.6) is 0 Å². The van der Waals surface area contributed by atoms with Crippen LogP contribution in [0.3, 0.4) is 0 Å². The van der Waals surface area contributed by atoms with Crippen molar-refractivity contribution in [3.63, 3.8) is 0 Å². The van der Waals surface area contributed by atoms with Crippen LogP contribution in [0.1, 0.15) is 39.5 Å². The van der Waals surface area contributed by atoms with Crippen molar-refractivity contribution in [2.75, 3.05) is 6.16 Å². The molecule has 0 amide bonds. The first kappa shape index (κ1) is 14.6. The summed E-state index contributed by atoms with van der Waals surface area (Å²) in [6, 6.07) is 0. The molecule has 0 aliphatic carbocycles. The van der Waals surface area contributed by atoms with Crippen molar-refractivity contribution in [3.8, 4) is 0 Å². The first-order valence-electron chi connectivity index (χ1n) is 5.05. The molecule has 3 N–H and O–H groups in total. The number of carbonyl (C=O) groups is 1. The van der Waals surface area contributed by atoms with Gasteiger partial charge in [-0.25, -0.2) is 0 Å². The van der Waals surface area contributed by atoms with Gasteiger partial charge in [0.1, 0.15) is 0 Å². The Balaban J connectivity index is 4.94. The molecule has 0 radical (unpaired) electrons. The molecule has 0 saturated carbocycles. The molecule has 0 aromatic rings. The first-order chi connectivity index (χ1) is 6.77. The Morgan fingerprint density at radius 3 is 1.80 bits per heavy atom. The zero-order valence-corrected chi connectivity index (χ0v) is 10.0. The molecule has 0 aliphatic heterocycles. The van der Waals surface area contributed by atoms with E-state index in [-0.39, 0.29) is 0 Å². The van der Waals surface area contributed by atoms with E-state index in [0.717, 1.165) is 0 Å². The van der Waals surface area contributed by atoms with Crippen LogP contribution in [0, 0.1) is 5.41 Å². The van der Waals surface area contributed by atoms with Crippen molar-refractivity contribution < 1.29 is 24.3 Å². The average molecular weight is 238 g/mol. The highest BCUT2D eigenvalue weighted by atomic mass is 31.2. The van der Waals surface area contributed by atoms with Crippen molar-refractivity contribution in [1.82, 2.24) is 0 Å². The van der Waals surface area contributed by atoms with Crippen LogP contribution in [0.4, 0.5) is 0 Å². The second-order valence-electron chi connectivity index (χ2n) is 3.91. The molecule has 0 aromatic heterocycles. The smallest absolute Gasteiger partial charge is 0.326 e. The number of rotatable bonds is 7. The molecule has 5 nitrogen and oxygen atoms in total. The number of carboxylic acid groups (broad SMARTS) is 1. The molecular formula is C9H19O5P. The van der Waals surface area contributed by atoms with Crippen LogP contribution in [-0.4, -0.2) is 27.0 Å². The summed E-state index contributed by atoms with van der Waals surface area (Å²) in [7, 11) is -4.28.